The summed E-state index contributed by atoms with van der Waals surface area (Å²) < 4.78 is 0. The van der Waals surface area contributed by atoms with Crippen molar-refractivity contribution < 1.29 is 5.11 Å². The number of aliphatic hydroxyl groups is 1. The van der Waals surface area contributed by atoms with E-state index < -0.39 is 0 Å². The summed E-state index contributed by atoms with van der Waals surface area (Å²) in [4.78, 5) is 0. The van der Waals surface area contributed by atoms with E-state index in [2.05, 4.69) is 43.3 Å². The number of fused-ring (bicyclic) bond motifs is 3. The van der Waals surface area contributed by atoms with Gasteiger partial charge in [0.2, 0.25) is 0 Å². The number of rotatable bonds is 0. The molecule has 0 aromatic heterocycles. The largest absolute Gasteiger partial charge is 0.388 e. The third kappa shape index (κ3) is 1.96. The van der Waals surface area contributed by atoms with E-state index in [1.165, 1.54) is 16.3 Å². The van der Waals surface area contributed by atoms with Gasteiger partial charge in [-0.3, -0.25) is 0 Å². The molecule has 1 heterocycles. The van der Waals surface area contributed by atoms with Crippen molar-refractivity contribution in [2.24, 2.45) is 0 Å². The van der Waals surface area contributed by atoms with Crippen molar-refractivity contribution in [2.45, 2.75) is 30.5 Å². The first kappa shape index (κ1) is 11.1. The van der Waals surface area contributed by atoms with Gasteiger partial charge in [0.05, 0.1) is 6.10 Å². The van der Waals surface area contributed by atoms with Crippen molar-refractivity contribution in [3.05, 3.63) is 47.5 Å². The standard InChI is InChI=1S/C15H16OS/c1-10-8-15(16)13-7-6-11-4-2-3-5-12(11)14(13)9-17-10/h2-7,10,15-16H,8-9H2,1H3/t10?,15-/m1/s1. The summed E-state index contributed by atoms with van der Waals surface area (Å²) in [5.74, 6) is 1.01. The maximum atomic E-state index is 10.3. The van der Waals surface area contributed by atoms with E-state index in [9.17, 15) is 5.11 Å². The van der Waals surface area contributed by atoms with Crippen molar-refractivity contribution >= 4 is 22.5 Å². The van der Waals surface area contributed by atoms with Gasteiger partial charge in [-0.2, -0.15) is 11.8 Å². The second-order valence-electron chi connectivity index (χ2n) is 4.73. The van der Waals surface area contributed by atoms with Crippen LogP contribution in [0.1, 0.15) is 30.6 Å². The van der Waals surface area contributed by atoms with Gasteiger partial charge in [-0.05, 0) is 28.3 Å². The smallest absolute Gasteiger partial charge is 0.0803 e. The van der Waals surface area contributed by atoms with Gasteiger partial charge in [0.25, 0.3) is 0 Å². The second-order valence-corrected chi connectivity index (χ2v) is 6.15. The molecular formula is C15H16OS. The monoisotopic (exact) mass is 244 g/mol. The molecule has 0 radical (unpaired) electrons. The SMILES string of the molecule is CC1C[C@@H](O)c2ccc3ccccc3c2CS1. The Morgan fingerprint density at radius 3 is 2.88 bits per heavy atom. The minimum Gasteiger partial charge on any atom is -0.388 e. The van der Waals surface area contributed by atoms with Crippen LogP contribution in [0.3, 0.4) is 0 Å². The van der Waals surface area contributed by atoms with Gasteiger partial charge in [-0.15, -0.1) is 0 Å². The van der Waals surface area contributed by atoms with Crippen LogP contribution < -0.4 is 0 Å². The van der Waals surface area contributed by atoms with Crippen LogP contribution in [0.2, 0.25) is 0 Å². The summed E-state index contributed by atoms with van der Waals surface area (Å²) in [5, 5.41) is 13.4. The highest BCUT2D eigenvalue weighted by molar-refractivity contribution is 7.99. The molecule has 2 aromatic carbocycles. The number of thioether (sulfide) groups is 1. The maximum absolute atomic E-state index is 10.3. The first-order chi connectivity index (χ1) is 8.25. The molecule has 1 unspecified atom stereocenters. The van der Waals surface area contributed by atoms with Crippen LogP contribution in [0, 0.1) is 0 Å². The molecule has 1 aliphatic rings. The van der Waals surface area contributed by atoms with Gasteiger partial charge < -0.3 is 5.11 Å². The summed E-state index contributed by atoms with van der Waals surface area (Å²) in [6.07, 6.45) is 0.551. The van der Waals surface area contributed by atoms with Crippen LogP contribution in [-0.4, -0.2) is 10.4 Å². The molecule has 1 aliphatic heterocycles. The molecule has 0 amide bonds. The quantitative estimate of drug-likeness (QED) is 0.758. The van der Waals surface area contributed by atoms with Crippen LogP contribution >= 0.6 is 11.8 Å². The highest BCUT2D eigenvalue weighted by Crippen LogP contribution is 2.38. The van der Waals surface area contributed by atoms with E-state index in [0.717, 1.165) is 17.7 Å². The number of benzene rings is 2. The summed E-state index contributed by atoms with van der Waals surface area (Å²) >= 11 is 1.94. The van der Waals surface area contributed by atoms with E-state index >= 15 is 0 Å². The molecule has 0 fully saturated rings. The molecule has 1 nitrogen and oxygen atoms in total. The van der Waals surface area contributed by atoms with Gasteiger partial charge in [-0.25, -0.2) is 0 Å². The van der Waals surface area contributed by atoms with Gasteiger partial charge in [0.15, 0.2) is 0 Å². The van der Waals surface area contributed by atoms with Gasteiger partial charge in [0.1, 0.15) is 0 Å². The highest BCUT2D eigenvalue weighted by Gasteiger charge is 2.21. The Labute approximate surface area is 106 Å². The first-order valence-corrected chi connectivity index (χ1v) is 7.11. The minimum absolute atomic E-state index is 0.306. The molecule has 17 heavy (non-hydrogen) atoms. The summed E-state index contributed by atoms with van der Waals surface area (Å²) in [6, 6.07) is 12.7. The molecule has 0 aliphatic carbocycles. The van der Waals surface area contributed by atoms with Crippen molar-refractivity contribution in [1.82, 2.24) is 0 Å². The molecule has 2 aromatic rings. The number of aliphatic hydroxyl groups excluding tert-OH is 1. The molecule has 2 heteroatoms. The van der Waals surface area contributed by atoms with E-state index in [4.69, 9.17) is 0 Å². The zero-order chi connectivity index (χ0) is 11.8. The Morgan fingerprint density at radius 2 is 2.00 bits per heavy atom. The average Bonchev–Trinajstić information content (AvgIpc) is 2.49. The lowest BCUT2D eigenvalue weighted by Crippen LogP contribution is -2.03. The van der Waals surface area contributed by atoms with Crippen LogP contribution in [0.4, 0.5) is 0 Å². The summed E-state index contributed by atoms with van der Waals surface area (Å²) in [5.41, 5.74) is 2.45. The zero-order valence-corrected chi connectivity index (χ0v) is 10.7. The zero-order valence-electron chi connectivity index (χ0n) is 9.89. The lowest BCUT2D eigenvalue weighted by atomic mass is 9.95. The van der Waals surface area contributed by atoms with Crippen molar-refractivity contribution in [1.29, 1.82) is 0 Å². The number of hydrogen-bond donors (Lipinski definition) is 1. The molecule has 0 saturated carbocycles. The minimum atomic E-state index is -0.306. The third-order valence-electron chi connectivity index (χ3n) is 3.50. The molecule has 0 bridgehead atoms. The predicted octanol–water partition coefficient (Wildman–Crippen LogP) is 3.90. The maximum Gasteiger partial charge on any atom is 0.0803 e. The Balaban J connectivity index is 2.22. The topological polar surface area (TPSA) is 20.2 Å². The molecule has 3 rings (SSSR count). The van der Waals surface area contributed by atoms with Crippen molar-refractivity contribution in [3.63, 3.8) is 0 Å². The molecule has 88 valence electrons. The fraction of sp³-hybridized carbons (Fsp3) is 0.333. The number of hydrogen-bond acceptors (Lipinski definition) is 2. The fourth-order valence-electron chi connectivity index (χ4n) is 2.56. The van der Waals surface area contributed by atoms with E-state index in [-0.39, 0.29) is 6.10 Å². The van der Waals surface area contributed by atoms with Crippen LogP contribution in [0.5, 0.6) is 0 Å². The van der Waals surface area contributed by atoms with Gasteiger partial charge in [0, 0.05) is 11.0 Å². The van der Waals surface area contributed by atoms with Gasteiger partial charge in [-0.1, -0.05) is 43.3 Å². The van der Waals surface area contributed by atoms with Crippen molar-refractivity contribution in [2.75, 3.05) is 0 Å². The normalized spacial score (nSPS) is 24.4. The van der Waals surface area contributed by atoms with Crippen LogP contribution in [0.15, 0.2) is 36.4 Å². The molecule has 0 spiro atoms. The lowest BCUT2D eigenvalue weighted by molar-refractivity contribution is 0.168. The van der Waals surface area contributed by atoms with E-state index in [1.807, 2.05) is 11.8 Å². The fourth-order valence-corrected chi connectivity index (χ4v) is 3.65. The lowest BCUT2D eigenvalue weighted by Gasteiger charge is -2.14. The molecule has 1 N–H and O–H groups in total. The Bertz CT molecular complexity index is 550. The average molecular weight is 244 g/mol. The highest BCUT2D eigenvalue weighted by atomic mass is 32.2. The summed E-state index contributed by atoms with van der Waals surface area (Å²) in [6.45, 7) is 2.20. The van der Waals surface area contributed by atoms with E-state index in [1.54, 1.807) is 0 Å². The second kappa shape index (κ2) is 4.35. The van der Waals surface area contributed by atoms with Crippen LogP contribution in [-0.2, 0) is 5.75 Å². The predicted molar refractivity (Wildman–Crippen MR) is 74.3 cm³/mol. The molecule has 2 atom stereocenters. The van der Waals surface area contributed by atoms with Crippen molar-refractivity contribution in [3.8, 4) is 0 Å². The van der Waals surface area contributed by atoms with Gasteiger partial charge >= 0.3 is 0 Å². The Hall–Kier alpha value is -0.990. The third-order valence-corrected chi connectivity index (χ3v) is 4.72. The Kier molecular flexibility index (Phi) is 2.85. The van der Waals surface area contributed by atoms with Crippen LogP contribution in [0.25, 0.3) is 10.8 Å². The Morgan fingerprint density at radius 1 is 1.18 bits per heavy atom. The first-order valence-electron chi connectivity index (χ1n) is 6.06. The molecular weight excluding hydrogens is 228 g/mol. The summed E-state index contributed by atoms with van der Waals surface area (Å²) in [7, 11) is 0. The van der Waals surface area contributed by atoms with E-state index in [0.29, 0.717) is 5.25 Å². The molecule has 0 saturated heterocycles.